The summed E-state index contributed by atoms with van der Waals surface area (Å²) in [5.74, 6) is 0.900. The number of furan rings is 1. The molecule has 0 aliphatic rings. The predicted molar refractivity (Wildman–Crippen MR) is 85.9 cm³/mol. The van der Waals surface area contributed by atoms with Crippen LogP contribution in [0.5, 0.6) is 0 Å². The molecule has 0 aliphatic heterocycles. The molecule has 21 heavy (non-hydrogen) atoms. The lowest BCUT2D eigenvalue weighted by molar-refractivity contribution is 0.556. The molecule has 0 unspecified atom stereocenters. The van der Waals surface area contributed by atoms with Gasteiger partial charge >= 0.3 is 0 Å². The molecule has 0 saturated carbocycles. The minimum absolute atomic E-state index is 0.578. The van der Waals surface area contributed by atoms with E-state index in [4.69, 9.17) is 4.42 Å². The van der Waals surface area contributed by atoms with E-state index in [1.807, 2.05) is 42.6 Å². The molecule has 1 aromatic carbocycles. The SMILES string of the molecule is CCc1oc2ccccc2c1/C=C(\C#N)c1nc(C)cs1. The van der Waals surface area contributed by atoms with Gasteiger partial charge in [0, 0.05) is 28.4 Å². The largest absolute Gasteiger partial charge is 0.460 e. The highest BCUT2D eigenvalue weighted by molar-refractivity contribution is 7.11. The highest BCUT2D eigenvalue weighted by atomic mass is 32.1. The van der Waals surface area contributed by atoms with Crippen molar-refractivity contribution < 1.29 is 4.42 Å². The molecule has 3 rings (SSSR count). The zero-order chi connectivity index (χ0) is 14.8. The first-order valence-corrected chi connectivity index (χ1v) is 7.65. The number of thiazole rings is 1. The monoisotopic (exact) mass is 294 g/mol. The molecular formula is C17H14N2OS. The van der Waals surface area contributed by atoms with Crippen molar-refractivity contribution in [2.24, 2.45) is 0 Å². The van der Waals surface area contributed by atoms with Crippen LogP contribution in [-0.2, 0) is 6.42 Å². The second-order valence-electron chi connectivity index (χ2n) is 4.75. The van der Waals surface area contributed by atoms with Gasteiger partial charge in [-0.3, -0.25) is 0 Å². The smallest absolute Gasteiger partial charge is 0.134 e. The first-order valence-electron chi connectivity index (χ1n) is 6.77. The summed E-state index contributed by atoms with van der Waals surface area (Å²) < 4.78 is 5.86. The lowest BCUT2D eigenvalue weighted by atomic mass is 10.1. The molecule has 3 aromatic rings. The molecule has 2 aromatic heterocycles. The van der Waals surface area contributed by atoms with Crippen molar-refractivity contribution in [3.63, 3.8) is 0 Å². The van der Waals surface area contributed by atoms with E-state index in [-0.39, 0.29) is 0 Å². The lowest BCUT2D eigenvalue weighted by Crippen LogP contribution is -1.84. The molecule has 0 radical (unpaired) electrons. The summed E-state index contributed by atoms with van der Waals surface area (Å²) in [6, 6.07) is 10.2. The Bertz CT molecular complexity index is 864. The van der Waals surface area contributed by atoms with Gasteiger partial charge in [-0.05, 0) is 19.1 Å². The van der Waals surface area contributed by atoms with E-state index in [0.717, 1.165) is 39.4 Å². The Kier molecular flexibility index (Phi) is 3.59. The first kappa shape index (κ1) is 13.6. The fraction of sp³-hybridized carbons (Fsp3) is 0.176. The first-order chi connectivity index (χ1) is 10.2. The number of hydrogen-bond donors (Lipinski definition) is 0. The van der Waals surface area contributed by atoms with E-state index in [9.17, 15) is 5.26 Å². The molecule has 0 bridgehead atoms. The molecule has 104 valence electrons. The number of aromatic nitrogens is 1. The topological polar surface area (TPSA) is 49.8 Å². The standard InChI is InChI=1S/C17H14N2OS/c1-3-15-14(13-6-4-5-7-16(13)20-15)8-12(9-18)17-19-11(2)10-21-17/h4-8,10H,3H2,1-2H3/b12-8+. The molecule has 0 aliphatic carbocycles. The van der Waals surface area contributed by atoms with Crippen LogP contribution in [0.1, 0.15) is 28.9 Å². The summed E-state index contributed by atoms with van der Waals surface area (Å²) >= 11 is 1.49. The second kappa shape index (κ2) is 5.55. The van der Waals surface area contributed by atoms with Gasteiger partial charge in [0.05, 0.1) is 5.57 Å². The van der Waals surface area contributed by atoms with Crippen LogP contribution in [-0.4, -0.2) is 4.98 Å². The number of benzene rings is 1. The molecule has 0 atom stereocenters. The maximum atomic E-state index is 9.44. The van der Waals surface area contributed by atoms with E-state index in [0.29, 0.717) is 5.57 Å². The number of para-hydroxylation sites is 1. The van der Waals surface area contributed by atoms with Gasteiger partial charge in [0.15, 0.2) is 0 Å². The minimum Gasteiger partial charge on any atom is -0.460 e. The Hall–Kier alpha value is -2.38. The molecule has 0 saturated heterocycles. The number of nitrogens with zero attached hydrogens (tertiary/aromatic N) is 2. The average molecular weight is 294 g/mol. The number of rotatable bonds is 3. The van der Waals surface area contributed by atoms with Gasteiger partial charge in [-0.2, -0.15) is 5.26 Å². The Morgan fingerprint density at radius 2 is 2.24 bits per heavy atom. The molecule has 0 fully saturated rings. The third-order valence-corrected chi connectivity index (χ3v) is 4.28. The Morgan fingerprint density at radius 3 is 2.90 bits per heavy atom. The maximum Gasteiger partial charge on any atom is 0.134 e. The number of nitriles is 1. The van der Waals surface area contributed by atoms with Crippen molar-refractivity contribution in [3.05, 3.63) is 51.7 Å². The highest BCUT2D eigenvalue weighted by Gasteiger charge is 2.13. The van der Waals surface area contributed by atoms with Gasteiger partial charge in [0.25, 0.3) is 0 Å². The summed E-state index contributed by atoms with van der Waals surface area (Å²) in [6.07, 6.45) is 2.68. The Morgan fingerprint density at radius 1 is 1.43 bits per heavy atom. The van der Waals surface area contributed by atoms with Gasteiger partial charge in [-0.1, -0.05) is 25.1 Å². The summed E-state index contributed by atoms with van der Waals surface area (Å²) in [5, 5.41) is 13.2. The van der Waals surface area contributed by atoms with Gasteiger partial charge in [0.1, 0.15) is 22.4 Å². The van der Waals surface area contributed by atoms with Crippen molar-refractivity contribution in [1.29, 1.82) is 5.26 Å². The molecule has 0 N–H and O–H groups in total. The quantitative estimate of drug-likeness (QED) is 0.650. The Labute approximate surface area is 127 Å². The molecule has 0 amide bonds. The zero-order valence-electron chi connectivity index (χ0n) is 11.9. The van der Waals surface area contributed by atoms with E-state index in [1.165, 1.54) is 11.3 Å². The van der Waals surface area contributed by atoms with Crippen molar-refractivity contribution in [2.45, 2.75) is 20.3 Å². The predicted octanol–water partition coefficient (Wildman–Crippen LogP) is 4.82. The van der Waals surface area contributed by atoms with Crippen LogP contribution in [0.15, 0.2) is 34.1 Å². The van der Waals surface area contributed by atoms with Crippen LogP contribution in [0.4, 0.5) is 0 Å². The normalized spacial score (nSPS) is 11.8. The van der Waals surface area contributed by atoms with Crippen LogP contribution < -0.4 is 0 Å². The molecular weight excluding hydrogens is 280 g/mol. The fourth-order valence-electron chi connectivity index (χ4n) is 2.30. The van der Waals surface area contributed by atoms with Gasteiger partial charge < -0.3 is 4.42 Å². The van der Waals surface area contributed by atoms with Crippen LogP contribution in [0.3, 0.4) is 0 Å². The number of aryl methyl sites for hydroxylation is 2. The van der Waals surface area contributed by atoms with Gasteiger partial charge in [-0.15, -0.1) is 11.3 Å². The summed E-state index contributed by atoms with van der Waals surface area (Å²) in [6.45, 7) is 3.98. The maximum absolute atomic E-state index is 9.44. The summed E-state index contributed by atoms with van der Waals surface area (Å²) in [5.41, 5.74) is 3.35. The van der Waals surface area contributed by atoms with Crippen molar-refractivity contribution in [3.8, 4) is 6.07 Å². The molecule has 4 heteroatoms. The van der Waals surface area contributed by atoms with E-state index < -0.39 is 0 Å². The molecule has 3 nitrogen and oxygen atoms in total. The highest BCUT2D eigenvalue weighted by Crippen LogP contribution is 2.30. The van der Waals surface area contributed by atoms with E-state index in [2.05, 4.69) is 18.0 Å². The van der Waals surface area contributed by atoms with Crippen molar-refractivity contribution in [1.82, 2.24) is 4.98 Å². The second-order valence-corrected chi connectivity index (χ2v) is 5.61. The number of fused-ring (bicyclic) bond motifs is 1. The summed E-state index contributed by atoms with van der Waals surface area (Å²) in [4.78, 5) is 4.40. The fourth-order valence-corrected chi connectivity index (χ4v) is 3.06. The van der Waals surface area contributed by atoms with Gasteiger partial charge in [-0.25, -0.2) is 4.98 Å². The number of hydrogen-bond acceptors (Lipinski definition) is 4. The minimum atomic E-state index is 0.578. The van der Waals surface area contributed by atoms with Crippen molar-refractivity contribution in [2.75, 3.05) is 0 Å². The Balaban J connectivity index is 2.19. The average Bonchev–Trinajstić information content (AvgIpc) is 3.08. The zero-order valence-corrected chi connectivity index (χ0v) is 12.7. The summed E-state index contributed by atoms with van der Waals surface area (Å²) in [7, 11) is 0. The number of allylic oxidation sites excluding steroid dienone is 1. The lowest BCUT2D eigenvalue weighted by Gasteiger charge is -1.96. The van der Waals surface area contributed by atoms with Crippen molar-refractivity contribution >= 4 is 34.0 Å². The van der Waals surface area contributed by atoms with Crippen LogP contribution in [0.2, 0.25) is 0 Å². The van der Waals surface area contributed by atoms with Crippen LogP contribution >= 0.6 is 11.3 Å². The van der Waals surface area contributed by atoms with Crippen LogP contribution in [0, 0.1) is 18.3 Å². The van der Waals surface area contributed by atoms with Crippen LogP contribution in [0.25, 0.3) is 22.6 Å². The third-order valence-electron chi connectivity index (χ3n) is 3.29. The van der Waals surface area contributed by atoms with E-state index in [1.54, 1.807) is 0 Å². The molecule has 0 spiro atoms. The van der Waals surface area contributed by atoms with E-state index >= 15 is 0 Å². The molecule has 2 heterocycles. The third kappa shape index (κ3) is 2.48. The van der Waals surface area contributed by atoms with Gasteiger partial charge in [0.2, 0.25) is 0 Å².